The molecule has 1 aromatic carbocycles. The van der Waals surface area contributed by atoms with Gasteiger partial charge in [-0.25, -0.2) is 0 Å². The highest BCUT2D eigenvalue weighted by Crippen LogP contribution is 2.39. The van der Waals surface area contributed by atoms with Crippen LogP contribution in [-0.4, -0.2) is 20.8 Å². The predicted octanol–water partition coefficient (Wildman–Crippen LogP) is 3.17. The Hall–Kier alpha value is -1.68. The van der Waals surface area contributed by atoms with Crippen LogP contribution in [-0.2, 0) is 0 Å². The summed E-state index contributed by atoms with van der Waals surface area (Å²) in [6.45, 7) is 2.03. The van der Waals surface area contributed by atoms with Gasteiger partial charge in [0.15, 0.2) is 5.82 Å². The van der Waals surface area contributed by atoms with Crippen LogP contribution in [0.2, 0.25) is 0 Å². The highest BCUT2D eigenvalue weighted by atomic mass is 15.3. The minimum absolute atomic E-state index is 0.347. The third-order valence-electron chi connectivity index (χ3n) is 5.04. The van der Waals surface area contributed by atoms with Crippen molar-refractivity contribution in [3.63, 3.8) is 0 Å². The zero-order chi connectivity index (χ0) is 14.2. The zero-order valence-corrected chi connectivity index (χ0v) is 12.5. The Labute approximate surface area is 125 Å². The Kier molecular flexibility index (Phi) is 3.26. The Bertz CT molecular complexity index is 605. The first kappa shape index (κ1) is 13.0. The van der Waals surface area contributed by atoms with Gasteiger partial charge in [0.05, 0.1) is 6.04 Å². The summed E-state index contributed by atoms with van der Waals surface area (Å²) in [5, 5.41) is 12.6. The molecule has 3 atom stereocenters. The van der Waals surface area contributed by atoms with Gasteiger partial charge in [-0.2, -0.15) is 0 Å². The van der Waals surface area contributed by atoms with Gasteiger partial charge in [0, 0.05) is 11.7 Å². The summed E-state index contributed by atoms with van der Waals surface area (Å²) in [7, 11) is 0. The van der Waals surface area contributed by atoms with Crippen molar-refractivity contribution in [1.29, 1.82) is 0 Å². The van der Waals surface area contributed by atoms with Gasteiger partial charge >= 0.3 is 0 Å². The average molecular weight is 282 g/mol. The van der Waals surface area contributed by atoms with Crippen LogP contribution in [0.3, 0.4) is 0 Å². The van der Waals surface area contributed by atoms with E-state index in [1.165, 1.54) is 32.1 Å². The molecule has 0 spiro atoms. The van der Waals surface area contributed by atoms with E-state index in [1.807, 2.05) is 13.0 Å². The van der Waals surface area contributed by atoms with Crippen LogP contribution in [0.25, 0.3) is 5.69 Å². The lowest BCUT2D eigenvalue weighted by Crippen LogP contribution is -2.31. The number of fused-ring (bicyclic) bond motifs is 1. The molecule has 4 heteroatoms. The highest BCUT2D eigenvalue weighted by Gasteiger charge is 2.38. The van der Waals surface area contributed by atoms with Gasteiger partial charge in [-0.15, -0.1) is 10.2 Å². The topological polar surface area (TPSA) is 42.7 Å². The molecule has 0 amide bonds. The van der Waals surface area contributed by atoms with E-state index in [-0.39, 0.29) is 0 Å². The molecule has 1 N–H and O–H groups in total. The van der Waals surface area contributed by atoms with Crippen molar-refractivity contribution in [3.05, 3.63) is 42.0 Å². The van der Waals surface area contributed by atoms with E-state index in [0.717, 1.165) is 23.3 Å². The minimum Gasteiger partial charge on any atom is -0.304 e. The second-order valence-corrected chi connectivity index (χ2v) is 6.38. The molecular weight excluding hydrogens is 260 g/mol. The van der Waals surface area contributed by atoms with E-state index in [9.17, 15) is 0 Å². The molecule has 0 bridgehead atoms. The third kappa shape index (κ3) is 2.27. The predicted molar refractivity (Wildman–Crippen MR) is 82.3 cm³/mol. The first-order valence-electron chi connectivity index (χ1n) is 8.06. The summed E-state index contributed by atoms with van der Waals surface area (Å²) in [5.74, 6) is 2.87. The smallest absolute Gasteiger partial charge is 0.154 e. The van der Waals surface area contributed by atoms with Gasteiger partial charge in [-0.3, -0.25) is 4.57 Å². The van der Waals surface area contributed by atoms with Gasteiger partial charge in [0.25, 0.3) is 0 Å². The largest absolute Gasteiger partial charge is 0.304 e. The van der Waals surface area contributed by atoms with Gasteiger partial charge in [0.1, 0.15) is 5.82 Å². The third-order valence-corrected chi connectivity index (χ3v) is 5.04. The normalized spacial score (nSPS) is 28.5. The standard InChI is InChI=1S/C17H22N4/c1-12-19-20-17(21(12)14-8-3-2-4-9-14)16-11-13-7-5-6-10-15(13)18-16/h2-4,8-9,13,15-16,18H,5-7,10-11H2,1H3. The number of para-hydroxylation sites is 1. The van der Waals surface area contributed by atoms with Crippen LogP contribution in [0.1, 0.15) is 49.8 Å². The highest BCUT2D eigenvalue weighted by molar-refractivity contribution is 5.34. The molecule has 4 rings (SSSR count). The molecule has 110 valence electrons. The van der Waals surface area contributed by atoms with Crippen LogP contribution in [0, 0.1) is 12.8 Å². The maximum absolute atomic E-state index is 4.48. The Morgan fingerprint density at radius 1 is 1.10 bits per heavy atom. The molecule has 4 nitrogen and oxygen atoms in total. The minimum atomic E-state index is 0.347. The lowest BCUT2D eigenvalue weighted by molar-refractivity contribution is 0.325. The lowest BCUT2D eigenvalue weighted by Gasteiger charge is -2.24. The Balaban J connectivity index is 1.67. The fraction of sp³-hybridized carbons (Fsp3) is 0.529. The van der Waals surface area contributed by atoms with Crippen molar-refractivity contribution >= 4 is 0 Å². The number of hydrogen-bond donors (Lipinski definition) is 1. The van der Waals surface area contributed by atoms with Crippen molar-refractivity contribution in [2.45, 2.75) is 51.1 Å². The second kappa shape index (κ2) is 5.26. The molecule has 21 heavy (non-hydrogen) atoms. The van der Waals surface area contributed by atoms with Crippen LogP contribution in [0.4, 0.5) is 0 Å². The van der Waals surface area contributed by atoms with Crippen LogP contribution < -0.4 is 5.32 Å². The number of nitrogens with one attached hydrogen (secondary N) is 1. The summed E-state index contributed by atoms with van der Waals surface area (Å²) in [6.07, 6.45) is 6.65. The maximum atomic E-state index is 4.48. The van der Waals surface area contributed by atoms with Crippen molar-refractivity contribution in [3.8, 4) is 5.69 Å². The molecule has 0 radical (unpaired) electrons. The van der Waals surface area contributed by atoms with Crippen molar-refractivity contribution in [2.24, 2.45) is 5.92 Å². The van der Waals surface area contributed by atoms with E-state index in [0.29, 0.717) is 12.1 Å². The summed E-state index contributed by atoms with van der Waals surface area (Å²) >= 11 is 0. The van der Waals surface area contributed by atoms with Gasteiger partial charge < -0.3 is 5.32 Å². The van der Waals surface area contributed by atoms with Crippen LogP contribution in [0.5, 0.6) is 0 Å². The van der Waals surface area contributed by atoms with Gasteiger partial charge in [-0.05, 0) is 44.2 Å². The first-order chi connectivity index (χ1) is 10.3. The molecule has 1 saturated heterocycles. The van der Waals surface area contributed by atoms with Crippen molar-refractivity contribution in [2.75, 3.05) is 0 Å². The fourth-order valence-electron chi connectivity index (χ4n) is 4.02. The summed E-state index contributed by atoms with van der Waals surface area (Å²) in [4.78, 5) is 0. The van der Waals surface area contributed by atoms with Crippen LogP contribution >= 0.6 is 0 Å². The van der Waals surface area contributed by atoms with E-state index >= 15 is 0 Å². The van der Waals surface area contributed by atoms with E-state index in [1.54, 1.807) is 0 Å². The molecule has 2 heterocycles. The van der Waals surface area contributed by atoms with E-state index < -0.39 is 0 Å². The summed E-state index contributed by atoms with van der Waals surface area (Å²) in [6, 6.07) is 11.5. The Morgan fingerprint density at radius 2 is 1.90 bits per heavy atom. The molecule has 1 aliphatic heterocycles. The second-order valence-electron chi connectivity index (χ2n) is 6.38. The van der Waals surface area contributed by atoms with Crippen molar-refractivity contribution < 1.29 is 0 Å². The molecular formula is C17H22N4. The quantitative estimate of drug-likeness (QED) is 0.920. The molecule has 1 aromatic heterocycles. The number of rotatable bonds is 2. The molecule has 3 unspecified atom stereocenters. The van der Waals surface area contributed by atoms with Gasteiger partial charge in [0.2, 0.25) is 0 Å². The number of aryl methyl sites for hydroxylation is 1. The SMILES string of the molecule is Cc1nnc(C2CC3CCCCC3N2)n1-c1ccccc1. The summed E-state index contributed by atoms with van der Waals surface area (Å²) in [5.41, 5.74) is 1.16. The Morgan fingerprint density at radius 3 is 2.71 bits per heavy atom. The van der Waals surface area contributed by atoms with Crippen molar-refractivity contribution in [1.82, 2.24) is 20.1 Å². The van der Waals surface area contributed by atoms with E-state index in [2.05, 4.69) is 44.3 Å². The number of hydrogen-bond acceptors (Lipinski definition) is 3. The maximum Gasteiger partial charge on any atom is 0.154 e. The summed E-state index contributed by atoms with van der Waals surface area (Å²) < 4.78 is 2.20. The number of benzene rings is 1. The first-order valence-corrected chi connectivity index (χ1v) is 8.06. The number of nitrogens with zero attached hydrogens (tertiary/aromatic N) is 3. The fourth-order valence-corrected chi connectivity index (χ4v) is 4.02. The average Bonchev–Trinajstić information content (AvgIpc) is 3.11. The molecule has 2 fully saturated rings. The molecule has 1 aliphatic carbocycles. The molecule has 2 aromatic rings. The lowest BCUT2D eigenvalue weighted by atomic mass is 9.85. The number of aromatic nitrogens is 3. The molecule has 1 saturated carbocycles. The van der Waals surface area contributed by atoms with E-state index in [4.69, 9.17) is 0 Å². The van der Waals surface area contributed by atoms with Crippen LogP contribution in [0.15, 0.2) is 30.3 Å². The van der Waals surface area contributed by atoms with Gasteiger partial charge in [-0.1, -0.05) is 31.0 Å². The monoisotopic (exact) mass is 282 g/mol. The molecule has 2 aliphatic rings. The zero-order valence-electron chi connectivity index (χ0n) is 12.5.